The number of nitrogens with one attached hydrogen (secondary N) is 1. The van der Waals surface area contributed by atoms with Crippen LogP contribution in [0.25, 0.3) is 0 Å². The fraction of sp³-hybridized carbons (Fsp3) is 0.107. The number of fused-ring (bicyclic) bond motifs is 1. The second kappa shape index (κ2) is 9.41. The van der Waals surface area contributed by atoms with Crippen LogP contribution in [-0.2, 0) is 6.61 Å². The fourth-order valence-electron chi connectivity index (χ4n) is 4.03. The summed E-state index contributed by atoms with van der Waals surface area (Å²) in [5.74, 6) is 0.628. The van der Waals surface area contributed by atoms with Crippen LogP contribution in [-0.4, -0.2) is 5.91 Å². The molecule has 4 nitrogen and oxygen atoms in total. The highest BCUT2D eigenvalue weighted by molar-refractivity contribution is 6.35. The summed E-state index contributed by atoms with van der Waals surface area (Å²) in [5.41, 5.74) is 5.15. The molecular formula is C28H22Cl2N2O2. The molecule has 1 aliphatic rings. The van der Waals surface area contributed by atoms with Gasteiger partial charge in [-0.25, -0.2) is 0 Å². The SMILES string of the molecule is Cc1ccc(N2C(=O)c3ccccc3NC2c2cccc(OCc3ccc(Cl)cc3Cl)c2)cc1. The number of nitrogens with zero attached hydrogens (tertiary/aromatic N) is 1. The predicted octanol–water partition coefficient (Wildman–Crippen LogP) is 7.65. The van der Waals surface area contributed by atoms with Crippen LogP contribution in [0.5, 0.6) is 5.75 Å². The van der Waals surface area contributed by atoms with E-state index in [1.165, 1.54) is 0 Å². The predicted molar refractivity (Wildman–Crippen MR) is 138 cm³/mol. The lowest BCUT2D eigenvalue weighted by atomic mass is 10.0. The van der Waals surface area contributed by atoms with Crippen molar-refractivity contribution in [1.29, 1.82) is 0 Å². The molecule has 1 heterocycles. The van der Waals surface area contributed by atoms with E-state index in [0.29, 0.717) is 28.0 Å². The molecule has 5 rings (SSSR count). The normalized spacial score (nSPS) is 15.0. The van der Waals surface area contributed by atoms with Gasteiger partial charge in [-0.15, -0.1) is 0 Å². The third-order valence-electron chi connectivity index (χ3n) is 5.82. The lowest BCUT2D eigenvalue weighted by Crippen LogP contribution is -2.43. The number of benzene rings is 4. The molecule has 1 amide bonds. The van der Waals surface area contributed by atoms with Gasteiger partial charge in [-0.1, -0.05) is 71.2 Å². The molecule has 1 unspecified atom stereocenters. The van der Waals surface area contributed by atoms with Crippen molar-refractivity contribution >= 4 is 40.5 Å². The van der Waals surface area contributed by atoms with E-state index in [1.807, 2.05) is 85.8 Å². The first-order chi connectivity index (χ1) is 16.5. The van der Waals surface area contributed by atoms with Crippen molar-refractivity contribution in [3.05, 3.63) is 123 Å². The molecule has 0 aliphatic carbocycles. The molecule has 1 N–H and O–H groups in total. The van der Waals surface area contributed by atoms with Gasteiger partial charge in [0.1, 0.15) is 18.5 Å². The van der Waals surface area contributed by atoms with E-state index in [4.69, 9.17) is 27.9 Å². The van der Waals surface area contributed by atoms with Gasteiger partial charge in [0.2, 0.25) is 0 Å². The molecule has 170 valence electrons. The Hall–Kier alpha value is -3.47. The Bertz CT molecular complexity index is 1350. The number of anilines is 2. The van der Waals surface area contributed by atoms with E-state index < -0.39 is 6.17 Å². The molecule has 1 aliphatic heterocycles. The standard InChI is InChI=1S/C28H22Cl2N2O2/c1-18-9-13-22(14-10-18)32-27(31-26-8-3-2-7-24(26)28(32)33)19-5-4-6-23(15-19)34-17-20-11-12-21(29)16-25(20)30/h2-16,27,31H,17H2,1H3. The molecule has 1 atom stereocenters. The number of rotatable bonds is 5. The van der Waals surface area contributed by atoms with Gasteiger partial charge in [0.25, 0.3) is 5.91 Å². The maximum atomic E-state index is 13.6. The smallest absolute Gasteiger partial charge is 0.262 e. The number of halogens is 2. The van der Waals surface area contributed by atoms with Crippen LogP contribution >= 0.6 is 23.2 Å². The van der Waals surface area contributed by atoms with Crippen molar-refractivity contribution in [3.8, 4) is 5.75 Å². The van der Waals surface area contributed by atoms with Gasteiger partial charge >= 0.3 is 0 Å². The highest BCUT2D eigenvalue weighted by atomic mass is 35.5. The van der Waals surface area contributed by atoms with Crippen molar-refractivity contribution in [2.45, 2.75) is 19.7 Å². The molecule has 0 bridgehead atoms. The molecule has 34 heavy (non-hydrogen) atoms. The summed E-state index contributed by atoms with van der Waals surface area (Å²) in [6, 6.07) is 28.6. The molecule has 4 aromatic rings. The van der Waals surface area contributed by atoms with Crippen LogP contribution in [0.4, 0.5) is 11.4 Å². The van der Waals surface area contributed by atoms with Crippen molar-refractivity contribution in [3.63, 3.8) is 0 Å². The molecular weight excluding hydrogens is 467 g/mol. The second-order valence-corrected chi connectivity index (χ2v) is 9.04. The Labute approximate surface area is 208 Å². The monoisotopic (exact) mass is 488 g/mol. The van der Waals surface area contributed by atoms with Crippen molar-refractivity contribution in [1.82, 2.24) is 0 Å². The number of aryl methyl sites for hydroxylation is 1. The Morgan fingerprint density at radius 2 is 1.71 bits per heavy atom. The fourth-order valence-corrected chi connectivity index (χ4v) is 4.50. The minimum absolute atomic E-state index is 0.0533. The molecule has 0 spiro atoms. The Kier molecular flexibility index (Phi) is 6.18. The Morgan fingerprint density at radius 3 is 2.50 bits per heavy atom. The quantitative estimate of drug-likeness (QED) is 0.313. The molecule has 0 saturated heterocycles. The number of carbonyl (C=O) groups excluding carboxylic acids is 1. The van der Waals surface area contributed by atoms with Gasteiger partial charge in [0.15, 0.2) is 0 Å². The molecule has 4 aromatic carbocycles. The first-order valence-electron chi connectivity index (χ1n) is 10.9. The third-order valence-corrected chi connectivity index (χ3v) is 6.41. The number of amides is 1. The number of hydrogen-bond acceptors (Lipinski definition) is 3. The largest absolute Gasteiger partial charge is 0.489 e. The highest BCUT2D eigenvalue weighted by Gasteiger charge is 2.34. The lowest BCUT2D eigenvalue weighted by Gasteiger charge is -2.38. The average Bonchev–Trinajstić information content (AvgIpc) is 2.84. The summed E-state index contributed by atoms with van der Waals surface area (Å²) in [6.45, 7) is 2.33. The molecule has 0 fully saturated rings. The van der Waals surface area contributed by atoms with Crippen LogP contribution in [0.1, 0.15) is 33.2 Å². The third kappa shape index (κ3) is 4.47. The summed E-state index contributed by atoms with van der Waals surface area (Å²) >= 11 is 12.3. The maximum absolute atomic E-state index is 13.6. The minimum Gasteiger partial charge on any atom is -0.489 e. The number of carbonyl (C=O) groups is 1. The van der Waals surface area contributed by atoms with E-state index >= 15 is 0 Å². The number of hydrogen-bond donors (Lipinski definition) is 1. The summed E-state index contributed by atoms with van der Waals surface area (Å²) in [5, 5.41) is 4.68. The van der Waals surface area contributed by atoms with Crippen molar-refractivity contribution < 1.29 is 9.53 Å². The van der Waals surface area contributed by atoms with E-state index in [9.17, 15) is 4.79 Å². The van der Waals surface area contributed by atoms with Crippen LogP contribution < -0.4 is 15.0 Å². The number of ether oxygens (including phenoxy) is 1. The summed E-state index contributed by atoms with van der Waals surface area (Å²) in [6.07, 6.45) is -0.396. The van der Waals surface area contributed by atoms with Gasteiger partial charge in [0, 0.05) is 27.0 Å². The van der Waals surface area contributed by atoms with Gasteiger partial charge in [-0.05, 0) is 61.0 Å². The van der Waals surface area contributed by atoms with Crippen LogP contribution in [0.2, 0.25) is 10.0 Å². The summed E-state index contributed by atoms with van der Waals surface area (Å²) in [7, 11) is 0. The van der Waals surface area contributed by atoms with Gasteiger partial charge in [-0.2, -0.15) is 0 Å². The van der Waals surface area contributed by atoms with Gasteiger partial charge in [-0.3, -0.25) is 9.69 Å². The topological polar surface area (TPSA) is 41.6 Å². The summed E-state index contributed by atoms with van der Waals surface area (Å²) < 4.78 is 6.04. The van der Waals surface area contributed by atoms with Crippen LogP contribution in [0.3, 0.4) is 0 Å². The molecule has 0 aromatic heterocycles. The molecule has 0 radical (unpaired) electrons. The van der Waals surface area contributed by atoms with Crippen molar-refractivity contribution in [2.24, 2.45) is 0 Å². The minimum atomic E-state index is -0.396. The lowest BCUT2D eigenvalue weighted by molar-refractivity contribution is 0.0975. The first kappa shape index (κ1) is 22.3. The van der Waals surface area contributed by atoms with E-state index in [0.717, 1.165) is 28.1 Å². The van der Waals surface area contributed by atoms with E-state index in [-0.39, 0.29) is 5.91 Å². The molecule has 6 heteroatoms. The zero-order valence-electron chi connectivity index (χ0n) is 18.5. The Balaban J connectivity index is 1.48. The van der Waals surface area contributed by atoms with Gasteiger partial charge < -0.3 is 10.1 Å². The van der Waals surface area contributed by atoms with E-state index in [2.05, 4.69) is 5.32 Å². The first-order valence-corrected chi connectivity index (χ1v) is 11.7. The maximum Gasteiger partial charge on any atom is 0.262 e. The molecule has 0 saturated carbocycles. The average molecular weight is 489 g/mol. The summed E-state index contributed by atoms with van der Waals surface area (Å²) in [4.78, 5) is 15.4. The second-order valence-electron chi connectivity index (χ2n) is 8.20. The van der Waals surface area contributed by atoms with Gasteiger partial charge in [0.05, 0.1) is 5.56 Å². The highest BCUT2D eigenvalue weighted by Crippen LogP contribution is 2.37. The van der Waals surface area contributed by atoms with E-state index in [1.54, 1.807) is 17.0 Å². The number of para-hydroxylation sites is 1. The van der Waals surface area contributed by atoms with Crippen LogP contribution in [0, 0.1) is 6.92 Å². The zero-order chi connectivity index (χ0) is 23.7. The van der Waals surface area contributed by atoms with Crippen LogP contribution in [0.15, 0.2) is 91.0 Å². The zero-order valence-corrected chi connectivity index (χ0v) is 20.0. The Morgan fingerprint density at radius 1 is 0.912 bits per heavy atom. The van der Waals surface area contributed by atoms with Crippen molar-refractivity contribution in [2.75, 3.05) is 10.2 Å².